The van der Waals surface area contributed by atoms with E-state index in [1.165, 1.54) is 11.3 Å². The first-order valence-electron chi connectivity index (χ1n) is 8.02. The van der Waals surface area contributed by atoms with Crippen molar-refractivity contribution in [2.45, 2.75) is 13.0 Å². The van der Waals surface area contributed by atoms with Crippen molar-refractivity contribution in [2.24, 2.45) is 0 Å². The van der Waals surface area contributed by atoms with Crippen LogP contribution in [0.4, 0.5) is 0 Å². The van der Waals surface area contributed by atoms with Gasteiger partial charge in [-0.3, -0.25) is 9.78 Å². The van der Waals surface area contributed by atoms with Crippen LogP contribution in [0.1, 0.15) is 10.6 Å². The maximum absolute atomic E-state index is 12.2. The van der Waals surface area contributed by atoms with Crippen molar-refractivity contribution >= 4 is 17.2 Å². The summed E-state index contributed by atoms with van der Waals surface area (Å²) in [6, 6.07) is 9.29. The molecule has 134 valence electrons. The van der Waals surface area contributed by atoms with Crippen LogP contribution >= 0.6 is 11.3 Å². The number of rotatable bonds is 7. The van der Waals surface area contributed by atoms with Crippen molar-refractivity contribution in [3.05, 3.63) is 58.7 Å². The predicted octanol–water partition coefficient (Wildman–Crippen LogP) is 3.08. The summed E-state index contributed by atoms with van der Waals surface area (Å²) in [4.78, 5) is 20.8. The second-order valence-corrected chi connectivity index (χ2v) is 6.45. The Morgan fingerprint density at radius 1 is 1.19 bits per heavy atom. The van der Waals surface area contributed by atoms with Gasteiger partial charge in [0.15, 0.2) is 11.5 Å². The fourth-order valence-electron chi connectivity index (χ4n) is 2.45. The van der Waals surface area contributed by atoms with Gasteiger partial charge in [-0.2, -0.15) is 0 Å². The van der Waals surface area contributed by atoms with Crippen LogP contribution in [0, 0.1) is 0 Å². The van der Waals surface area contributed by atoms with Gasteiger partial charge in [-0.1, -0.05) is 6.07 Å². The Hall–Kier alpha value is -2.93. The maximum atomic E-state index is 12.2. The summed E-state index contributed by atoms with van der Waals surface area (Å²) >= 11 is 1.51. The number of hydrogen-bond donors (Lipinski definition) is 1. The molecule has 0 bridgehead atoms. The van der Waals surface area contributed by atoms with Crippen LogP contribution < -0.4 is 14.8 Å². The lowest BCUT2D eigenvalue weighted by Crippen LogP contribution is -2.24. The maximum Gasteiger partial charge on any atom is 0.224 e. The third-order valence-corrected chi connectivity index (χ3v) is 4.61. The van der Waals surface area contributed by atoms with E-state index < -0.39 is 0 Å². The molecule has 0 saturated heterocycles. The van der Waals surface area contributed by atoms with Gasteiger partial charge in [0.1, 0.15) is 5.01 Å². The molecular weight excluding hydrogens is 350 g/mol. The van der Waals surface area contributed by atoms with E-state index in [9.17, 15) is 4.79 Å². The topological polar surface area (TPSA) is 73.3 Å². The zero-order chi connectivity index (χ0) is 18.4. The standard InChI is InChI=1S/C19H19N3O3S/c1-24-16-6-5-13(8-17(16)25-2)9-18(23)21-11-19-22-15(12-26-19)14-4-3-7-20-10-14/h3-8,10,12H,9,11H2,1-2H3,(H,21,23). The van der Waals surface area contributed by atoms with E-state index in [0.29, 0.717) is 18.0 Å². The predicted molar refractivity (Wildman–Crippen MR) is 100 cm³/mol. The van der Waals surface area contributed by atoms with Gasteiger partial charge in [0.05, 0.1) is 32.9 Å². The normalized spacial score (nSPS) is 10.4. The molecule has 2 heterocycles. The Bertz CT molecular complexity index is 881. The van der Waals surface area contributed by atoms with Crippen molar-refractivity contribution in [3.8, 4) is 22.8 Å². The molecule has 0 unspecified atom stereocenters. The number of carbonyl (C=O) groups excluding carboxylic acids is 1. The summed E-state index contributed by atoms with van der Waals surface area (Å²) in [5.41, 5.74) is 2.69. The van der Waals surface area contributed by atoms with E-state index in [2.05, 4.69) is 15.3 Å². The van der Waals surface area contributed by atoms with Crippen LogP contribution in [-0.4, -0.2) is 30.1 Å². The average Bonchev–Trinajstić information content (AvgIpc) is 3.16. The summed E-state index contributed by atoms with van der Waals surface area (Å²) in [6.07, 6.45) is 3.76. The smallest absolute Gasteiger partial charge is 0.224 e. The lowest BCUT2D eigenvalue weighted by molar-refractivity contribution is -0.120. The quantitative estimate of drug-likeness (QED) is 0.693. The van der Waals surface area contributed by atoms with Crippen molar-refractivity contribution < 1.29 is 14.3 Å². The molecule has 0 radical (unpaired) electrons. The Balaban J connectivity index is 1.57. The van der Waals surface area contributed by atoms with Gasteiger partial charge in [-0.15, -0.1) is 11.3 Å². The van der Waals surface area contributed by atoms with E-state index in [1.54, 1.807) is 32.7 Å². The summed E-state index contributed by atoms with van der Waals surface area (Å²) in [6.45, 7) is 0.400. The monoisotopic (exact) mass is 369 g/mol. The molecule has 0 aliphatic carbocycles. The molecule has 0 aliphatic heterocycles. The van der Waals surface area contributed by atoms with Gasteiger partial charge in [0.25, 0.3) is 0 Å². The van der Waals surface area contributed by atoms with E-state index in [4.69, 9.17) is 9.47 Å². The highest BCUT2D eigenvalue weighted by atomic mass is 32.1. The minimum absolute atomic E-state index is 0.0738. The molecular formula is C19H19N3O3S. The molecule has 0 atom stereocenters. The molecule has 0 aliphatic rings. The third kappa shape index (κ3) is 4.37. The number of methoxy groups -OCH3 is 2. The molecule has 1 aromatic carbocycles. The highest BCUT2D eigenvalue weighted by Gasteiger charge is 2.10. The fraction of sp³-hybridized carbons (Fsp3) is 0.211. The zero-order valence-electron chi connectivity index (χ0n) is 14.6. The fourth-order valence-corrected chi connectivity index (χ4v) is 3.19. The third-order valence-electron chi connectivity index (χ3n) is 3.76. The van der Waals surface area contributed by atoms with E-state index in [-0.39, 0.29) is 12.3 Å². The van der Waals surface area contributed by atoms with Gasteiger partial charge in [0, 0.05) is 23.3 Å². The summed E-state index contributed by atoms with van der Waals surface area (Å²) in [7, 11) is 3.15. The molecule has 2 aromatic heterocycles. The Kier molecular flexibility index (Phi) is 5.80. The summed E-state index contributed by atoms with van der Waals surface area (Å²) in [5, 5.41) is 5.72. The Labute approximate surface area is 155 Å². The number of nitrogens with zero attached hydrogens (tertiary/aromatic N) is 2. The average molecular weight is 369 g/mol. The van der Waals surface area contributed by atoms with E-state index >= 15 is 0 Å². The number of thiazole rings is 1. The molecule has 0 fully saturated rings. The minimum atomic E-state index is -0.0738. The van der Waals surface area contributed by atoms with E-state index in [1.807, 2.05) is 29.6 Å². The number of hydrogen-bond acceptors (Lipinski definition) is 6. The highest BCUT2D eigenvalue weighted by Crippen LogP contribution is 2.27. The van der Waals surface area contributed by atoms with E-state index in [0.717, 1.165) is 21.8 Å². The van der Waals surface area contributed by atoms with Crippen LogP contribution in [0.15, 0.2) is 48.1 Å². The Morgan fingerprint density at radius 3 is 2.77 bits per heavy atom. The molecule has 1 N–H and O–H groups in total. The summed E-state index contributed by atoms with van der Waals surface area (Å²) in [5.74, 6) is 1.18. The molecule has 6 nitrogen and oxygen atoms in total. The molecule has 3 rings (SSSR count). The molecule has 3 aromatic rings. The van der Waals surface area contributed by atoms with Crippen LogP contribution in [0.5, 0.6) is 11.5 Å². The van der Waals surface area contributed by atoms with Gasteiger partial charge < -0.3 is 14.8 Å². The molecule has 1 amide bonds. The zero-order valence-corrected chi connectivity index (χ0v) is 15.4. The van der Waals surface area contributed by atoms with Gasteiger partial charge in [-0.25, -0.2) is 4.98 Å². The molecule has 26 heavy (non-hydrogen) atoms. The molecule has 0 saturated carbocycles. The van der Waals surface area contributed by atoms with Crippen molar-refractivity contribution in [1.82, 2.24) is 15.3 Å². The number of benzene rings is 1. The number of aromatic nitrogens is 2. The van der Waals surface area contributed by atoms with Crippen LogP contribution in [0.25, 0.3) is 11.3 Å². The van der Waals surface area contributed by atoms with Crippen LogP contribution in [0.2, 0.25) is 0 Å². The second kappa shape index (κ2) is 8.44. The van der Waals surface area contributed by atoms with Crippen LogP contribution in [0.3, 0.4) is 0 Å². The molecule has 7 heteroatoms. The second-order valence-electron chi connectivity index (χ2n) is 5.51. The first kappa shape index (κ1) is 17.9. The highest BCUT2D eigenvalue weighted by molar-refractivity contribution is 7.09. The SMILES string of the molecule is COc1ccc(CC(=O)NCc2nc(-c3cccnc3)cs2)cc1OC. The lowest BCUT2D eigenvalue weighted by atomic mass is 10.1. The largest absolute Gasteiger partial charge is 0.493 e. The van der Waals surface area contributed by atoms with Crippen molar-refractivity contribution in [1.29, 1.82) is 0 Å². The number of ether oxygens (including phenoxy) is 2. The number of pyridine rings is 1. The summed E-state index contributed by atoms with van der Waals surface area (Å²) < 4.78 is 10.5. The minimum Gasteiger partial charge on any atom is -0.493 e. The van der Waals surface area contributed by atoms with Gasteiger partial charge in [0.2, 0.25) is 5.91 Å². The first-order chi connectivity index (χ1) is 12.7. The van der Waals surface area contributed by atoms with Crippen LogP contribution in [-0.2, 0) is 17.8 Å². The van der Waals surface area contributed by atoms with Gasteiger partial charge >= 0.3 is 0 Å². The lowest BCUT2D eigenvalue weighted by Gasteiger charge is -2.09. The first-order valence-corrected chi connectivity index (χ1v) is 8.90. The molecule has 0 spiro atoms. The van der Waals surface area contributed by atoms with Crippen molar-refractivity contribution in [3.63, 3.8) is 0 Å². The van der Waals surface area contributed by atoms with Crippen molar-refractivity contribution in [2.75, 3.05) is 14.2 Å². The number of nitrogens with one attached hydrogen (secondary N) is 1. The number of amides is 1. The van der Waals surface area contributed by atoms with Gasteiger partial charge in [-0.05, 0) is 29.8 Å². The Morgan fingerprint density at radius 2 is 2.04 bits per heavy atom. The number of carbonyl (C=O) groups is 1.